The van der Waals surface area contributed by atoms with Crippen molar-refractivity contribution in [1.82, 2.24) is 5.32 Å². The van der Waals surface area contributed by atoms with Gasteiger partial charge in [0.05, 0.1) is 5.54 Å². The van der Waals surface area contributed by atoms with Crippen molar-refractivity contribution in [3.8, 4) is 0 Å². The van der Waals surface area contributed by atoms with Gasteiger partial charge < -0.3 is 5.32 Å². The summed E-state index contributed by atoms with van der Waals surface area (Å²) in [5.74, 6) is 0.214. The Labute approximate surface area is 60.3 Å². The van der Waals surface area contributed by atoms with E-state index in [0.29, 0.717) is 6.42 Å². The summed E-state index contributed by atoms with van der Waals surface area (Å²) < 4.78 is 0. The maximum Gasteiger partial charge on any atom is 0.220 e. The van der Waals surface area contributed by atoms with E-state index in [1.54, 1.807) is 0 Å². The fraction of sp³-hybridized carbons (Fsp3) is 0.625. The molecule has 1 saturated heterocycles. The Balaban J connectivity index is 2.17. The summed E-state index contributed by atoms with van der Waals surface area (Å²) in [7, 11) is 0. The first-order chi connectivity index (χ1) is 4.81. The second kappa shape index (κ2) is 1.84. The monoisotopic (exact) mass is 137 g/mol. The van der Waals surface area contributed by atoms with Crippen molar-refractivity contribution in [3.05, 3.63) is 12.2 Å². The topological polar surface area (TPSA) is 29.1 Å². The number of rotatable bonds is 0. The van der Waals surface area contributed by atoms with Crippen molar-refractivity contribution < 1.29 is 4.79 Å². The van der Waals surface area contributed by atoms with Crippen molar-refractivity contribution in [3.63, 3.8) is 0 Å². The second-order valence-electron chi connectivity index (χ2n) is 3.15. The zero-order valence-electron chi connectivity index (χ0n) is 5.89. The van der Waals surface area contributed by atoms with Crippen molar-refractivity contribution in [2.24, 2.45) is 0 Å². The fourth-order valence-corrected chi connectivity index (χ4v) is 1.78. The summed E-state index contributed by atoms with van der Waals surface area (Å²) in [6, 6.07) is 0. The molecule has 0 bridgehead atoms. The van der Waals surface area contributed by atoms with Crippen LogP contribution < -0.4 is 5.32 Å². The Morgan fingerprint density at radius 1 is 1.50 bits per heavy atom. The van der Waals surface area contributed by atoms with Crippen LogP contribution >= 0.6 is 0 Å². The van der Waals surface area contributed by atoms with E-state index in [4.69, 9.17) is 0 Å². The van der Waals surface area contributed by atoms with Crippen molar-refractivity contribution in [2.45, 2.75) is 31.2 Å². The molecule has 1 amide bonds. The summed E-state index contributed by atoms with van der Waals surface area (Å²) in [4.78, 5) is 10.9. The third-order valence-corrected chi connectivity index (χ3v) is 2.38. The molecule has 0 aromatic rings. The van der Waals surface area contributed by atoms with E-state index in [1.165, 1.54) is 0 Å². The highest BCUT2D eigenvalue weighted by molar-refractivity contribution is 5.80. The molecule has 10 heavy (non-hydrogen) atoms. The van der Waals surface area contributed by atoms with Gasteiger partial charge in [-0.05, 0) is 19.3 Å². The SMILES string of the molecule is O=C1CCC2(C=CCC2)N1. The van der Waals surface area contributed by atoms with Gasteiger partial charge in [0.25, 0.3) is 0 Å². The lowest BCUT2D eigenvalue weighted by atomic mass is 9.97. The maximum atomic E-state index is 10.9. The summed E-state index contributed by atoms with van der Waals surface area (Å²) >= 11 is 0. The Hall–Kier alpha value is -0.790. The molecule has 1 heterocycles. The first-order valence-electron chi connectivity index (χ1n) is 3.80. The maximum absolute atomic E-state index is 10.9. The molecule has 0 radical (unpaired) electrons. The van der Waals surface area contributed by atoms with Gasteiger partial charge in [-0.2, -0.15) is 0 Å². The number of hydrogen-bond donors (Lipinski definition) is 1. The molecule has 1 N–H and O–H groups in total. The van der Waals surface area contributed by atoms with E-state index in [1.807, 2.05) is 0 Å². The van der Waals surface area contributed by atoms with Gasteiger partial charge >= 0.3 is 0 Å². The van der Waals surface area contributed by atoms with Crippen LogP contribution in [0.4, 0.5) is 0 Å². The number of carbonyl (C=O) groups excluding carboxylic acids is 1. The molecule has 0 aromatic carbocycles. The predicted octanol–water partition coefficient (Wildman–Crippen LogP) is 0.985. The average Bonchev–Trinajstić information content (AvgIpc) is 2.46. The van der Waals surface area contributed by atoms with Gasteiger partial charge in [0, 0.05) is 6.42 Å². The third kappa shape index (κ3) is 0.753. The molecule has 1 fully saturated rings. The Bertz CT molecular complexity index is 197. The fourth-order valence-electron chi connectivity index (χ4n) is 1.78. The Morgan fingerprint density at radius 2 is 2.40 bits per heavy atom. The first-order valence-corrected chi connectivity index (χ1v) is 3.80. The minimum absolute atomic E-state index is 0.0804. The number of amides is 1. The summed E-state index contributed by atoms with van der Waals surface area (Å²) in [6.45, 7) is 0. The molecule has 2 aliphatic rings. The van der Waals surface area contributed by atoms with Crippen LogP contribution in [-0.4, -0.2) is 11.4 Å². The largest absolute Gasteiger partial charge is 0.347 e. The molecule has 2 heteroatoms. The summed E-state index contributed by atoms with van der Waals surface area (Å²) in [6.07, 6.45) is 8.26. The van der Waals surface area contributed by atoms with Gasteiger partial charge in [-0.3, -0.25) is 4.79 Å². The zero-order valence-corrected chi connectivity index (χ0v) is 5.89. The van der Waals surface area contributed by atoms with Crippen molar-refractivity contribution in [2.75, 3.05) is 0 Å². The van der Waals surface area contributed by atoms with E-state index < -0.39 is 0 Å². The highest BCUT2D eigenvalue weighted by atomic mass is 16.2. The lowest BCUT2D eigenvalue weighted by Crippen LogP contribution is -2.37. The summed E-state index contributed by atoms with van der Waals surface area (Å²) in [5.41, 5.74) is 0.0804. The average molecular weight is 137 g/mol. The molecule has 2 nitrogen and oxygen atoms in total. The minimum Gasteiger partial charge on any atom is -0.347 e. The normalized spacial score (nSPS) is 37.4. The van der Waals surface area contributed by atoms with Crippen LogP contribution in [0.25, 0.3) is 0 Å². The van der Waals surface area contributed by atoms with Gasteiger partial charge in [0.1, 0.15) is 0 Å². The van der Waals surface area contributed by atoms with E-state index in [9.17, 15) is 4.79 Å². The highest BCUT2D eigenvalue weighted by Crippen LogP contribution is 2.31. The van der Waals surface area contributed by atoms with Crippen LogP contribution in [0.1, 0.15) is 25.7 Å². The van der Waals surface area contributed by atoms with Gasteiger partial charge in [0.15, 0.2) is 0 Å². The molecular formula is C8H11NO. The molecule has 1 atom stereocenters. The van der Waals surface area contributed by atoms with E-state index in [2.05, 4.69) is 17.5 Å². The number of allylic oxidation sites excluding steroid dienone is 1. The van der Waals surface area contributed by atoms with Crippen LogP contribution in [-0.2, 0) is 4.79 Å². The molecule has 0 aromatic heterocycles. The van der Waals surface area contributed by atoms with Crippen LogP contribution in [0.15, 0.2) is 12.2 Å². The molecule has 1 unspecified atom stereocenters. The second-order valence-corrected chi connectivity index (χ2v) is 3.15. The Kier molecular flexibility index (Phi) is 1.10. The Morgan fingerprint density at radius 3 is 2.90 bits per heavy atom. The minimum atomic E-state index is 0.0804. The molecule has 54 valence electrons. The standard InChI is InChI=1S/C8H11NO/c10-7-3-6-8(9-7)4-1-2-5-8/h1,4H,2-3,5-6H2,(H,9,10). The van der Waals surface area contributed by atoms with E-state index in [0.717, 1.165) is 19.3 Å². The summed E-state index contributed by atoms with van der Waals surface area (Å²) in [5, 5.41) is 3.00. The lowest BCUT2D eigenvalue weighted by Gasteiger charge is -2.19. The van der Waals surface area contributed by atoms with Crippen molar-refractivity contribution in [1.29, 1.82) is 0 Å². The molecular weight excluding hydrogens is 126 g/mol. The smallest absolute Gasteiger partial charge is 0.220 e. The quantitative estimate of drug-likeness (QED) is 0.495. The van der Waals surface area contributed by atoms with Gasteiger partial charge in [0.2, 0.25) is 5.91 Å². The first kappa shape index (κ1) is 5.96. The molecule has 2 rings (SSSR count). The van der Waals surface area contributed by atoms with E-state index >= 15 is 0 Å². The zero-order chi connectivity index (χ0) is 7.03. The van der Waals surface area contributed by atoms with Crippen LogP contribution in [0, 0.1) is 0 Å². The van der Waals surface area contributed by atoms with Gasteiger partial charge in [-0.25, -0.2) is 0 Å². The lowest BCUT2D eigenvalue weighted by molar-refractivity contribution is -0.119. The predicted molar refractivity (Wildman–Crippen MR) is 38.5 cm³/mol. The molecule has 1 spiro atoms. The van der Waals surface area contributed by atoms with Crippen molar-refractivity contribution >= 4 is 5.91 Å². The molecule has 1 aliphatic carbocycles. The number of nitrogens with one attached hydrogen (secondary N) is 1. The van der Waals surface area contributed by atoms with E-state index in [-0.39, 0.29) is 11.4 Å². The third-order valence-electron chi connectivity index (χ3n) is 2.38. The highest BCUT2D eigenvalue weighted by Gasteiger charge is 2.36. The van der Waals surface area contributed by atoms with Crippen LogP contribution in [0.3, 0.4) is 0 Å². The number of carbonyl (C=O) groups is 1. The van der Waals surface area contributed by atoms with Gasteiger partial charge in [-0.1, -0.05) is 12.2 Å². The van der Waals surface area contributed by atoms with Gasteiger partial charge in [-0.15, -0.1) is 0 Å². The van der Waals surface area contributed by atoms with Crippen LogP contribution in [0.2, 0.25) is 0 Å². The van der Waals surface area contributed by atoms with Crippen LogP contribution in [0.5, 0.6) is 0 Å². The number of hydrogen-bond acceptors (Lipinski definition) is 1. The molecule has 0 saturated carbocycles. The molecule has 1 aliphatic heterocycles.